The Morgan fingerprint density at radius 2 is 0.573 bits per heavy atom. The molecule has 0 aliphatic carbocycles. The lowest BCUT2D eigenvalue weighted by Gasteiger charge is -2.44. The number of anilines is 6. The van der Waals surface area contributed by atoms with Gasteiger partial charge in [0.05, 0.1) is 11.0 Å². The number of benzene rings is 12. The van der Waals surface area contributed by atoms with Gasteiger partial charge in [0.1, 0.15) is 0 Å². The van der Waals surface area contributed by atoms with Gasteiger partial charge in [-0.25, -0.2) is 4.90 Å². The Morgan fingerprint density at radius 1 is 0.236 bits per heavy atom. The smallest absolute Gasteiger partial charge is 0.252 e. The molecule has 0 amide bonds. The predicted octanol–water partition coefficient (Wildman–Crippen LogP) is 16.1. The van der Waals surface area contributed by atoms with Gasteiger partial charge < -0.3 is 9.80 Å². The first-order chi connectivity index (χ1) is 44.1. The third-order valence-electron chi connectivity index (χ3n) is 17.6. The van der Waals surface area contributed by atoms with Crippen molar-refractivity contribution in [2.75, 3.05) is 9.80 Å². The summed E-state index contributed by atoms with van der Waals surface area (Å²) in [6.45, 7) is -0.189. The molecule has 10 nitrogen and oxygen atoms in total. The van der Waals surface area contributed by atoms with E-state index in [1.807, 2.05) is 30.3 Å². The van der Waals surface area contributed by atoms with Gasteiger partial charge >= 0.3 is 0 Å². The number of amidine groups is 2. The zero-order valence-electron chi connectivity index (χ0n) is 47.8. The van der Waals surface area contributed by atoms with Crippen molar-refractivity contribution in [3.05, 3.63) is 308 Å². The Hall–Kier alpha value is -12.1. The second kappa shape index (κ2) is 20.3. The Bertz CT molecular complexity index is 4980. The molecular weight excluding hydrogens is 1090 g/mol. The fourth-order valence-corrected chi connectivity index (χ4v) is 13.5. The first-order valence-corrected chi connectivity index (χ1v) is 30.0. The van der Waals surface area contributed by atoms with Crippen LogP contribution in [0, 0.1) is 0 Å². The van der Waals surface area contributed by atoms with Crippen molar-refractivity contribution < 1.29 is 0 Å². The molecule has 0 N–H and O–H groups in total. The minimum Gasteiger partial charge on any atom is -0.311 e. The monoisotopic (exact) mass is 1140 g/mol. The van der Waals surface area contributed by atoms with Crippen LogP contribution in [0.1, 0.15) is 11.1 Å². The van der Waals surface area contributed by atoms with E-state index in [9.17, 15) is 0 Å². The van der Waals surface area contributed by atoms with Gasteiger partial charge in [0.2, 0.25) is 23.8 Å². The summed E-state index contributed by atoms with van der Waals surface area (Å²) in [6, 6.07) is 106. The van der Waals surface area contributed by atoms with Crippen LogP contribution in [0.5, 0.6) is 0 Å². The molecule has 18 rings (SSSR count). The van der Waals surface area contributed by atoms with Crippen LogP contribution in [-0.4, -0.2) is 51.7 Å². The second-order valence-electron chi connectivity index (χ2n) is 22.7. The third kappa shape index (κ3) is 8.27. The molecule has 6 heterocycles. The van der Waals surface area contributed by atoms with E-state index in [4.69, 9.17) is 30.0 Å². The van der Waals surface area contributed by atoms with Crippen LogP contribution < -0.4 is 26.2 Å². The molecule has 0 saturated carbocycles. The van der Waals surface area contributed by atoms with E-state index in [0.717, 1.165) is 117 Å². The van der Waals surface area contributed by atoms with Crippen LogP contribution in [0.25, 0.3) is 66.3 Å². The number of guanidine groups is 3. The molecule has 0 atom stereocenters. The Labute approximate surface area is 513 Å². The van der Waals surface area contributed by atoms with Crippen molar-refractivity contribution in [3.63, 3.8) is 0 Å². The average Bonchev–Trinajstić information content (AvgIpc) is 1.18. The molecule has 0 bridgehead atoms. The maximum absolute atomic E-state index is 5.54. The molecular formula is C78H49BN10. The summed E-state index contributed by atoms with van der Waals surface area (Å²) in [7, 11) is 0. The normalized spacial score (nSPS) is 14.4. The Kier molecular flexibility index (Phi) is 11.5. The van der Waals surface area contributed by atoms with Crippen LogP contribution in [0.3, 0.4) is 0 Å². The fourth-order valence-electron chi connectivity index (χ4n) is 13.5. The number of aromatic nitrogens is 1. The summed E-state index contributed by atoms with van der Waals surface area (Å²) < 4.78 is 2.11. The van der Waals surface area contributed by atoms with Crippen molar-refractivity contribution in [2.45, 2.75) is 0 Å². The average molecular weight is 1140 g/mol. The van der Waals surface area contributed by atoms with Crippen molar-refractivity contribution in [3.8, 4) is 44.5 Å². The first kappa shape index (κ1) is 50.3. The lowest BCUT2D eigenvalue weighted by Crippen LogP contribution is -2.61. The molecule has 12 aromatic carbocycles. The third-order valence-corrected chi connectivity index (χ3v) is 17.6. The summed E-state index contributed by atoms with van der Waals surface area (Å²) in [5, 5.41) is 2.19. The molecule has 0 radical (unpaired) electrons. The zero-order chi connectivity index (χ0) is 58.5. The number of hydrogen-bond donors (Lipinski definition) is 0. The van der Waals surface area contributed by atoms with Crippen LogP contribution in [0.4, 0.5) is 34.1 Å². The number of nitrogens with zero attached hydrogens (tertiary/aromatic N) is 10. The largest absolute Gasteiger partial charge is 0.311 e. The molecule has 5 aliphatic rings. The van der Waals surface area contributed by atoms with Crippen molar-refractivity contribution >= 4 is 115 Å². The van der Waals surface area contributed by atoms with Gasteiger partial charge in [0, 0.05) is 56.0 Å². The van der Waals surface area contributed by atoms with Gasteiger partial charge in [0.15, 0.2) is 11.7 Å². The minimum atomic E-state index is -0.189. The number of para-hydroxylation sites is 2. The molecule has 0 saturated heterocycles. The molecule has 13 aromatic rings. The number of hydrogen-bond acceptors (Lipinski definition) is 9. The maximum Gasteiger partial charge on any atom is 0.252 e. The summed E-state index contributed by atoms with van der Waals surface area (Å²) >= 11 is 0. The summed E-state index contributed by atoms with van der Waals surface area (Å²) in [4.78, 5) is 38.8. The highest BCUT2D eigenvalue weighted by Gasteiger charge is 2.45. The second-order valence-corrected chi connectivity index (χ2v) is 22.7. The van der Waals surface area contributed by atoms with Crippen LogP contribution in [0.15, 0.2) is 327 Å². The van der Waals surface area contributed by atoms with Crippen molar-refractivity contribution in [1.29, 1.82) is 0 Å². The van der Waals surface area contributed by atoms with Gasteiger partial charge in [0.25, 0.3) is 6.71 Å². The number of rotatable bonds is 8. The quantitative estimate of drug-likeness (QED) is 0.142. The predicted molar refractivity (Wildman–Crippen MR) is 368 cm³/mol. The molecule has 89 heavy (non-hydrogen) atoms. The van der Waals surface area contributed by atoms with Crippen molar-refractivity contribution in [1.82, 2.24) is 9.47 Å². The summed E-state index contributed by atoms with van der Waals surface area (Å²) in [6.07, 6.45) is 0. The number of aliphatic imine (C=N–C) groups is 6. The van der Waals surface area contributed by atoms with Gasteiger partial charge in [-0.05, 0) is 122 Å². The van der Waals surface area contributed by atoms with Crippen LogP contribution in [0.2, 0.25) is 0 Å². The summed E-state index contributed by atoms with van der Waals surface area (Å²) in [5.41, 5.74) is 22.3. The fraction of sp³-hybridized carbons (Fsp3) is 0. The molecule has 5 aliphatic heterocycles. The van der Waals surface area contributed by atoms with Crippen LogP contribution in [-0.2, 0) is 0 Å². The highest BCUT2D eigenvalue weighted by atomic mass is 15.5. The maximum atomic E-state index is 5.54. The van der Waals surface area contributed by atoms with Gasteiger partial charge in [-0.1, -0.05) is 237 Å². The highest BCUT2D eigenvalue weighted by molar-refractivity contribution is 7.00. The summed E-state index contributed by atoms with van der Waals surface area (Å²) in [5.74, 6) is 2.45. The Balaban J connectivity index is 0.916. The molecule has 11 heteroatoms. The standard InChI is InChI=1S/C78H49BN10/c1-6-20-50(21-7-1)54-34-40-60(41-35-54)86-68-46-57(52-24-10-3-11-25-52)38-44-64(68)79-65-45-39-58(53-26-12-4-13-27-53)47-69(65)87(61-42-36-55(37-43-61)51-22-8-2-9-23-51)71-49-59(48-70(86)72(71)79)74-82-75-80-73(56-28-14-5-15-29-56)81-76-84-78(85-77(83-74)89(75)76)88-66-32-18-16-30-62(66)63-31-17-19-33-67(63)88/h1-49H. The molecule has 414 valence electrons. The van der Waals surface area contributed by atoms with E-state index in [0.29, 0.717) is 35.5 Å². The van der Waals surface area contributed by atoms with Crippen LogP contribution >= 0.6 is 0 Å². The molecule has 0 fully saturated rings. The van der Waals surface area contributed by atoms with E-state index < -0.39 is 0 Å². The lowest BCUT2D eigenvalue weighted by atomic mass is 9.33. The van der Waals surface area contributed by atoms with E-state index in [2.05, 4.69) is 281 Å². The number of fused-ring (bicyclic) bond motifs is 7. The SMILES string of the molecule is c1ccc(C2=NC3=NC(n4c5ccccc5c5ccccc54)=NC4=NC(c5cc6c7c(c5)N(c5ccc(-c8ccccc8)cc5)c5cc(-c8ccccc8)ccc5B7c5ccc(-c7ccccc7)cc5N6c5ccc(-c6ccccc6)cc5)=NC(=N2)N43)cc1. The van der Waals surface area contributed by atoms with E-state index in [1.54, 1.807) is 4.90 Å². The minimum absolute atomic E-state index is 0.189. The van der Waals surface area contributed by atoms with Crippen molar-refractivity contribution in [2.24, 2.45) is 30.0 Å². The lowest BCUT2D eigenvalue weighted by molar-refractivity contribution is 0.823. The molecule has 1 aromatic heterocycles. The van der Waals surface area contributed by atoms with E-state index in [-0.39, 0.29) is 6.71 Å². The van der Waals surface area contributed by atoms with Gasteiger partial charge in [-0.2, -0.15) is 30.0 Å². The highest BCUT2D eigenvalue weighted by Crippen LogP contribution is 2.47. The van der Waals surface area contributed by atoms with E-state index in [1.165, 1.54) is 10.9 Å². The molecule has 0 spiro atoms. The zero-order valence-corrected chi connectivity index (χ0v) is 47.8. The van der Waals surface area contributed by atoms with E-state index >= 15 is 0 Å². The first-order valence-electron chi connectivity index (χ1n) is 30.0. The van der Waals surface area contributed by atoms with Gasteiger partial charge in [-0.15, -0.1) is 0 Å². The van der Waals surface area contributed by atoms with Gasteiger partial charge in [-0.3, -0.25) is 4.57 Å². The topological polar surface area (TPSA) is 88.8 Å². The Morgan fingerprint density at radius 3 is 1.03 bits per heavy atom. The molecule has 0 unspecified atom stereocenters.